The van der Waals surface area contributed by atoms with Gasteiger partial charge in [-0.1, -0.05) is 90.4 Å². The van der Waals surface area contributed by atoms with Crippen LogP contribution in [0.4, 0.5) is 4.79 Å². The monoisotopic (exact) mass is 485 g/mol. The van der Waals surface area contributed by atoms with Crippen LogP contribution in [0.3, 0.4) is 0 Å². The molecule has 0 rings (SSSR count). The van der Waals surface area contributed by atoms with Crippen LogP contribution in [0.5, 0.6) is 0 Å². The van der Waals surface area contributed by atoms with Crippen LogP contribution in [-0.4, -0.2) is 73.0 Å². The average Bonchev–Trinajstić information content (AvgIpc) is 2.49. The lowest BCUT2D eigenvalue weighted by Gasteiger charge is -2.23. The van der Waals surface area contributed by atoms with E-state index in [1.807, 2.05) is 0 Å². The van der Waals surface area contributed by atoms with Crippen molar-refractivity contribution in [2.75, 3.05) is 26.7 Å². The highest BCUT2D eigenvalue weighted by Crippen LogP contribution is 2.30. The Morgan fingerprint density at radius 3 is 1.20 bits per heavy atom. The molecule has 2 atom stereocenters. The van der Waals surface area contributed by atoms with Crippen molar-refractivity contribution in [2.24, 2.45) is 0 Å². The van der Waals surface area contributed by atoms with E-state index < -0.39 is 26.1 Å². The van der Waals surface area contributed by atoms with Crippen molar-refractivity contribution in [2.45, 2.75) is 40.8 Å². The predicted molar refractivity (Wildman–Crippen MR) is 106 cm³/mol. The number of carbonyl (C=O) groups excluding carboxylic acids is 1. The van der Waals surface area contributed by atoms with Gasteiger partial charge in [-0.3, -0.25) is 0 Å². The van der Waals surface area contributed by atoms with Gasteiger partial charge in [-0.05, 0) is 19.6 Å². The zero-order valence-electron chi connectivity index (χ0n) is 14.2. The molecule has 0 aromatic heterocycles. The summed E-state index contributed by atoms with van der Waals surface area (Å²) in [5.41, 5.74) is 0. The van der Waals surface area contributed by atoms with E-state index in [4.69, 9.17) is 84.9 Å². The second-order valence-electron chi connectivity index (χ2n) is 4.13. The quantitative estimate of drug-likeness (QED) is 0.303. The third-order valence-corrected chi connectivity index (χ3v) is 3.74. The van der Waals surface area contributed by atoms with Crippen LogP contribution < -0.4 is 10.6 Å². The molecule has 2 amide bonds. The van der Waals surface area contributed by atoms with Crippen LogP contribution in [-0.2, 0) is 0 Å². The second kappa shape index (κ2) is 15.9. The first-order chi connectivity index (χ1) is 11.3. The Bertz CT molecular complexity index is 308. The Hall–Kier alpha value is 0.850. The summed E-state index contributed by atoms with van der Waals surface area (Å²) < 4.78 is -4.25. The molecule has 25 heavy (non-hydrogen) atoms. The van der Waals surface area contributed by atoms with Crippen LogP contribution in [0.15, 0.2) is 0 Å². The molecule has 0 bridgehead atoms. The summed E-state index contributed by atoms with van der Waals surface area (Å²) >= 11 is 31.5. The summed E-state index contributed by atoms with van der Waals surface area (Å²) in [6.45, 7) is 10.1. The summed E-state index contributed by atoms with van der Waals surface area (Å²) in [6.07, 6.45) is -3.58. The molecule has 0 radical (unpaired) electrons. The third kappa shape index (κ3) is 18.0. The van der Waals surface area contributed by atoms with Gasteiger partial charge in [0.15, 0.2) is 12.5 Å². The van der Waals surface area contributed by atoms with Crippen LogP contribution in [0.1, 0.15) is 20.8 Å². The number of hydrogen-bond donors (Lipinski definition) is 5. The Labute approximate surface area is 178 Å². The molecule has 0 saturated carbocycles. The van der Waals surface area contributed by atoms with E-state index in [1.54, 1.807) is 10.6 Å². The van der Waals surface area contributed by atoms with Crippen molar-refractivity contribution in [3.05, 3.63) is 0 Å². The van der Waals surface area contributed by atoms with E-state index in [2.05, 4.69) is 25.7 Å². The van der Waals surface area contributed by atoms with Gasteiger partial charge < -0.3 is 30.9 Å². The molecule has 0 aliphatic carbocycles. The minimum absolute atomic E-state index is 1.00. The van der Waals surface area contributed by atoms with Crippen molar-refractivity contribution in [3.63, 3.8) is 0 Å². The van der Waals surface area contributed by atoms with Crippen LogP contribution in [0, 0.1) is 0 Å². The Kier molecular flexibility index (Phi) is 19.4. The lowest BCUT2D eigenvalue weighted by molar-refractivity contribution is 0.120. The molecule has 0 fully saturated rings. The van der Waals surface area contributed by atoms with Gasteiger partial charge in [-0.25, -0.2) is 4.79 Å². The number of carbonyl (C=O) groups is 1. The fourth-order valence-electron chi connectivity index (χ4n) is 1.12. The number of amides is 2. The summed E-state index contributed by atoms with van der Waals surface area (Å²) in [6, 6.07) is -1.09. The van der Waals surface area contributed by atoms with Gasteiger partial charge in [0.25, 0.3) is 0 Å². The SMILES string of the molecule is CCN(CC)CC.CO.O=C(NC(O)C(Cl)(Cl)Cl)NC(O)C(Cl)(Cl)Cl. The number of aliphatic hydroxyl groups is 3. The minimum atomic E-state index is -2.12. The van der Waals surface area contributed by atoms with Gasteiger partial charge in [0.05, 0.1) is 0 Å². The molecule has 13 heteroatoms. The topological polar surface area (TPSA) is 105 Å². The first-order valence-electron chi connectivity index (χ1n) is 7.03. The molecule has 0 spiro atoms. The zero-order chi connectivity index (χ0) is 20.8. The largest absolute Gasteiger partial charge is 0.400 e. The standard InChI is InChI=1S/C6H15N.C5H6Cl6N2O3.CH4O/c1-4-7(5-2)6-3;6-4(7,8)1(14)12-3(16)13-2(15)5(9,10)11;1-2/h4-6H2,1-3H3;1-2,14-15H,(H2,12,13,16);2H,1H3. The molecular formula is C12H25Cl6N3O4. The Balaban J connectivity index is -0.000000450. The summed E-state index contributed by atoms with van der Waals surface area (Å²) in [4.78, 5) is 13.4. The van der Waals surface area contributed by atoms with Gasteiger partial charge in [0.1, 0.15) is 0 Å². The lowest BCUT2D eigenvalue weighted by Crippen LogP contribution is -2.53. The van der Waals surface area contributed by atoms with Crippen molar-refractivity contribution in [3.8, 4) is 0 Å². The van der Waals surface area contributed by atoms with Crippen molar-refractivity contribution in [1.29, 1.82) is 0 Å². The van der Waals surface area contributed by atoms with E-state index in [0.29, 0.717) is 0 Å². The molecule has 0 aliphatic heterocycles. The number of aliphatic hydroxyl groups excluding tert-OH is 3. The van der Waals surface area contributed by atoms with Crippen LogP contribution in [0.2, 0.25) is 0 Å². The Morgan fingerprint density at radius 2 is 1.08 bits per heavy atom. The number of halogens is 6. The number of nitrogens with one attached hydrogen (secondary N) is 2. The molecule has 2 unspecified atom stereocenters. The number of alkyl halides is 6. The molecule has 7 nitrogen and oxygen atoms in total. The average molecular weight is 488 g/mol. The van der Waals surface area contributed by atoms with Gasteiger partial charge >= 0.3 is 6.03 Å². The van der Waals surface area contributed by atoms with E-state index in [1.165, 1.54) is 19.6 Å². The molecule has 0 aliphatic rings. The number of hydrogen-bond acceptors (Lipinski definition) is 5. The first-order valence-corrected chi connectivity index (χ1v) is 9.29. The molecule has 0 saturated heterocycles. The maximum Gasteiger partial charge on any atom is 0.319 e. The molecule has 0 heterocycles. The molecule has 0 aromatic carbocycles. The first kappa shape index (κ1) is 30.6. The van der Waals surface area contributed by atoms with Crippen molar-refractivity contribution >= 4 is 75.6 Å². The normalized spacial score (nSPS) is 13.7. The highest BCUT2D eigenvalue weighted by molar-refractivity contribution is 6.68. The second-order valence-corrected chi connectivity index (χ2v) is 8.86. The smallest absolute Gasteiger partial charge is 0.319 e. The predicted octanol–water partition coefficient (Wildman–Crippen LogP) is 2.62. The molecule has 154 valence electrons. The van der Waals surface area contributed by atoms with Gasteiger partial charge in [0, 0.05) is 7.11 Å². The maximum absolute atomic E-state index is 11.1. The highest BCUT2D eigenvalue weighted by Gasteiger charge is 2.35. The Morgan fingerprint density at radius 1 is 0.840 bits per heavy atom. The third-order valence-electron chi connectivity index (χ3n) is 2.50. The number of rotatable bonds is 5. The fourth-order valence-corrected chi connectivity index (χ4v) is 1.45. The van der Waals surface area contributed by atoms with E-state index in [0.717, 1.165) is 7.11 Å². The number of urea groups is 1. The highest BCUT2D eigenvalue weighted by atomic mass is 35.6. The van der Waals surface area contributed by atoms with Crippen LogP contribution >= 0.6 is 69.6 Å². The van der Waals surface area contributed by atoms with E-state index in [-0.39, 0.29) is 0 Å². The van der Waals surface area contributed by atoms with E-state index in [9.17, 15) is 4.79 Å². The van der Waals surface area contributed by atoms with Gasteiger partial charge in [0.2, 0.25) is 7.59 Å². The van der Waals surface area contributed by atoms with E-state index >= 15 is 0 Å². The summed E-state index contributed by atoms with van der Waals surface area (Å²) in [5.74, 6) is 0. The van der Waals surface area contributed by atoms with Gasteiger partial charge in [-0.2, -0.15) is 0 Å². The lowest BCUT2D eigenvalue weighted by atomic mass is 10.5. The van der Waals surface area contributed by atoms with Crippen molar-refractivity contribution in [1.82, 2.24) is 15.5 Å². The molecule has 5 N–H and O–H groups in total. The molecule has 0 aromatic rings. The minimum Gasteiger partial charge on any atom is -0.400 e. The fraction of sp³-hybridized carbons (Fsp3) is 0.917. The summed E-state index contributed by atoms with van der Waals surface area (Å²) in [7, 11) is 1.00. The summed E-state index contributed by atoms with van der Waals surface area (Å²) in [5, 5.41) is 28.8. The van der Waals surface area contributed by atoms with Crippen molar-refractivity contribution < 1.29 is 20.1 Å². The molecular weight excluding hydrogens is 463 g/mol. The van der Waals surface area contributed by atoms with Crippen LogP contribution in [0.25, 0.3) is 0 Å². The number of nitrogens with zero attached hydrogens (tertiary/aromatic N) is 1. The maximum atomic E-state index is 11.1. The zero-order valence-corrected chi connectivity index (χ0v) is 18.8. The van der Waals surface area contributed by atoms with Gasteiger partial charge in [-0.15, -0.1) is 0 Å².